The second kappa shape index (κ2) is 9.93. The van der Waals surface area contributed by atoms with Crippen LogP contribution in [0.4, 0.5) is 0 Å². The molecule has 0 radical (unpaired) electrons. The minimum absolute atomic E-state index is 0.196. The molecule has 0 bridgehead atoms. The number of unbranched alkanes of at least 4 members (excludes halogenated alkanes) is 4. The van der Waals surface area contributed by atoms with E-state index in [1.165, 1.54) is 25.7 Å². The van der Waals surface area contributed by atoms with E-state index in [9.17, 15) is 4.79 Å². The van der Waals surface area contributed by atoms with Crippen molar-refractivity contribution in [3.8, 4) is 0 Å². The molecule has 102 valence electrons. The lowest BCUT2D eigenvalue weighted by Crippen LogP contribution is -2.34. The van der Waals surface area contributed by atoms with E-state index in [2.05, 4.69) is 42.0 Å². The maximum absolute atomic E-state index is 11.6. The molecule has 0 fully saturated rings. The molecule has 0 aromatic heterocycles. The largest absolute Gasteiger partial charge is 0.356 e. The second-order valence-corrected chi connectivity index (χ2v) is 6.34. The second-order valence-electron chi connectivity index (χ2n) is 5.54. The van der Waals surface area contributed by atoms with E-state index in [-0.39, 0.29) is 11.3 Å². The van der Waals surface area contributed by atoms with Crippen molar-refractivity contribution in [3.63, 3.8) is 0 Å². The van der Waals surface area contributed by atoms with Crippen molar-refractivity contribution in [3.05, 3.63) is 0 Å². The fourth-order valence-electron chi connectivity index (χ4n) is 1.66. The average Bonchev–Trinajstić information content (AvgIpc) is 2.26. The van der Waals surface area contributed by atoms with Crippen molar-refractivity contribution in [1.29, 1.82) is 0 Å². The molecule has 0 aliphatic carbocycles. The molecule has 1 amide bonds. The van der Waals surface area contributed by atoms with Crippen molar-refractivity contribution in [2.75, 3.05) is 11.9 Å². The van der Waals surface area contributed by atoms with Gasteiger partial charge in [0.25, 0.3) is 0 Å². The molecule has 0 aliphatic heterocycles. The SMILES string of the molecule is CCCCCCCC(=O)NCC(C)(C)CCBr. The third-order valence-electron chi connectivity index (χ3n) is 3.04. The van der Waals surface area contributed by atoms with Crippen LogP contribution in [0.3, 0.4) is 0 Å². The Morgan fingerprint density at radius 3 is 2.41 bits per heavy atom. The van der Waals surface area contributed by atoms with E-state index in [1.807, 2.05) is 0 Å². The Balaban J connectivity index is 3.52. The Morgan fingerprint density at radius 2 is 1.82 bits per heavy atom. The van der Waals surface area contributed by atoms with Gasteiger partial charge in [-0.1, -0.05) is 62.4 Å². The third kappa shape index (κ3) is 10.8. The topological polar surface area (TPSA) is 29.1 Å². The standard InChI is InChI=1S/C14H28BrNO/c1-4-5-6-7-8-9-13(17)16-12-14(2,3)10-11-15/h4-12H2,1-3H3,(H,16,17). The highest BCUT2D eigenvalue weighted by molar-refractivity contribution is 9.09. The van der Waals surface area contributed by atoms with Crippen LogP contribution in [0.15, 0.2) is 0 Å². The van der Waals surface area contributed by atoms with Crippen LogP contribution in [-0.4, -0.2) is 17.8 Å². The molecule has 0 aliphatic rings. The minimum atomic E-state index is 0.196. The molecule has 0 heterocycles. The summed E-state index contributed by atoms with van der Waals surface area (Å²) in [7, 11) is 0. The molecule has 0 saturated heterocycles. The van der Waals surface area contributed by atoms with Gasteiger partial charge in [0.15, 0.2) is 0 Å². The van der Waals surface area contributed by atoms with Gasteiger partial charge < -0.3 is 5.32 Å². The molecule has 17 heavy (non-hydrogen) atoms. The van der Waals surface area contributed by atoms with Gasteiger partial charge in [-0.3, -0.25) is 4.79 Å². The maximum atomic E-state index is 11.6. The Bertz CT molecular complexity index is 204. The number of carbonyl (C=O) groups excluding carboxylic acids is 1. The Hall–Kier alpha value is -0.0500. The Morgan fingerprint density at radius 1 is 1.18 bits per heavy atom. The van der Waals surface area contributed by atoms with E-state index in [1.54, 1.807) is 0 Å². The van der Waals surface area contributed by atoms with Gasteiger partial charge in [-0.15, -0.1) is 0 Å². The summed E-state index contributed by atoms with van der Waals surface area (Å²) in [5.41, 5.74) is 0.196. The Labute approximate surface area is 115 Å². The molecule has 3 heteroatoms. The lowest BCUT2D eigenvalue weighted by Gasteiger charge is -2.23. The van der Waals surface area contributed by atoms with Crippen molar-refractivity contribution in [2.45, 2.75) is 65.7 Å². The van der Waals surface area contributed by atoms with E-state index < -0.39 is 0 Å². The minimum Gasteiger partial charge on any atom is -0.356 e. The van der Waals surface area contributed by atoms with Crippen LogP contribution in [0, 0.1) is 5.41 Å². The lowest BCUT2D eigenvalue weighted by atomic mass is 9.90. The van der Waals surface area contributed by atoms with Crippen LogP contribution in [0.1, 0.15) is 65.7 Å². The molecule has 0 unspecified atom stereocenters. The summed E-state index contributed by atoms with van der Waals surface area (Å²) in [5, 5.41) is 4.03. The molecule has 0 atom stereocenters. The van der Waals surface area contributed by atoms with E-state index in [0.717, 1.165) is 24.7 Å². The van der Waals surface area contributed by atoms with Gasteiger partial charge in [0.05, 0.1) is 0 Å². The summed E-state index contributed by atoms with van der Waals surface area (Å²) in [5.74, 6) is 0.212. The number of hydrogen-bond donors (Lipinski definition) is 1. The summed E-state index contributed by atoms with van der Waals surface area (Å²) in [6, 6.07) is 0. The zero-order chi connectivity index (χ0) is 13.1. The van der Waals surface area contributed by atoms with Crippen molar-refractivity contribution >= 4 is 21.8 Å². The fourth-order valence-corrected chi connectivity index (χ4v) is 2.73. The number of amides is 1. The number of nitrogens with one attached hydrogen (secondary N) is 1. The molecule has 0 saturated carbocycles. The number of rotatable bonds is 10. The summed E-state index contributed by atoms with van der Waals surface area (Å²) < 4.78 is 0. The van der Waals surface area contributed by atoms with Gasteiger partial charge in [-0.25, -0.2) is 0 Å². The zero-order valence-electron chi connectivity index (χ0n) is 11.7. The highest BCUT2D eigenvalue weighted by Crippen LogP contribution is 2.19. The fraction of sp³-hybridized carbons (Fsp3) is 0.929. The molecule has 2 nitrogen and oxygen atoms in total. The van der Waals surface area contributed by atoms with E-state index in [4.69, 9.17) is 0 Å². The van der Waals surface area contributed by atoms with Crippen LogP contribution in [0.5, 0.6) is 0 Å². The molecule has 0 aromatic carbocycles. The van der Waals surface area contributed by atoms with Gasteiger partial charge in [-0.05, 0) is 18.3 Å². The zero-order valence-corrected chi connectivity index (χ0v) is 13.2. The first-order chi connectivity index (χ1) is 8.02. The van der Waals surface area contributed by atoms with Gasteiger partial charge >= 0.3 is 0 Å². The van der Waals surface area contributed by atoms with Gasteiger partial charge in [0.2, 0.25) is 5.91 Å². The van der Waals surface area contributed by atoms with Crippen LogP contribution in [-0.2, 0) is 4.79 Å². The average molecular weight is 306 g/mol. The predicted octanol–water partition coefficient (Wildman–Crippen LogP) is 4.27. The number of hydrogen-bond acceptors (Lipinski definition) is 1. The third-order valence-corrected chi connectivity index (χ3v) is 3.44. The normalized spacial score (nSPS) is 11.5. The smallest absolute Gasteiger partial charge is 0.220 e. The van der Waals surface area contributed by atoms with Crippen molar-refractivity contribution < 1.29 is 4.79 Å². The van der Waals surface area contributed by atoms with Crippen molar-refractivity contribution in [2.24, 2.45) is 5.41 Å². The molecular weight excluding hydrogens is 278 g/mol. The van der Waals surface area contributed by atoms with Crippen LogP contribution in [0.25, 0.3) is 0 Å². The van der Waals surface area contributed by atoms with E-state index >= 15 is 0 Å². The van der Waals surface area contributed by atoms with Crippen molar-refractivity contribution in [1.82, 2.24) is 5.32 Å². The maximum Gasteiger partial charge on any atom is 0.220 e. The first-order valence-electron chi connectivity index (χ1n) is 6.84. The highest BCUT2D eigenvalue weighted by atomic mass is 79.9. The first-order valence-corrected chi connectivity index (χ1v) is 7.96. The van der Waals surface area contributed by atoms with Crippen LogP contribution < -0.4 is 5.32 Å². The van der Waals surface area contributed by atoms with E-state index in [0.29, 0.717) is 6.42 Å². The number of alkyl halides is 1. The summed E-state index contributed by atoms with van der Waals surface area (Å²) in [6.45, 7) is 7.37. The molecule has 0 aromatic rings. The number of carbonyl (C=O) groups is 1. The van der Waals surface area contributed by atoms with Gasteiger partial charge in [0.1, 0.15) is 0 Å². The number of halogens is 1. The monoisotopic (exact) mass is 305 g/mol. The van der Waals surface area contributed by atoms with Crippen LogP contribution in [0.2, 0.25) is 0 Å². The molecular formula is C14H28BrNO. The summed E-state index contributed by atoms with van der Waals surface area (Å²) in [4.78, 5) is 11.6. The summed E-state index contributed by atoms with van der Waals surface area (Å²) >= 11 is 3.45. The first kappa shape index (κ1) is 16.9. The predicted molar refractivity (Wildman–Crippen MR) is 78.6 cm³/mol. The highest BCUT2D eigenvalue weighted by Gasteiger charge is 2.17. The Kier molecular flexibility index (Phi) is 9.90. The molecule has 0 spiro atoms. The van der Waals surface area contributed by atoms with Gasteiger partial charge in [-0.2, -0.15) is 0 Å². The van der Waals surface area contributed by atoms with Gasteiger partial charge in [0, 0.05) is 18.3 Å². The van der Waals surface area contributed by atoms with Crippen LogP contribution >= 0.6 is 15.9 Å². The molecule has 1 N–H and O–H groups in total. The quantitative estimate of drug-likeness (QED) is 0.474. The summed E-state index contributed by atoms with van der Waals surface area (Å²) in [6.07, 6.45) is 7.81. The molecule has 0 rings (SSSR count). The lowest BCUT2D eigenvalue weighted by molar-refractivity contribution is -0.121.